The predicted molar refractivity (Wildman–Crippen MR) is 196 cm³/mol. The second-order valence-corrected chi connectivity index (χ2v) is 10.6. The van der Waals surface area contributed by atoms with Gasteiger partial charge in [-0.25, -0.2) is 9.98 Å². The summed E-state index contributed by atoms with van der Waals surface area (Å²) >= 11 is 0. The Morgan fingerprint density at radius 2 is 0.625 bits per heavy atom. The molecule has 0 aliphatic carbocycles. The molecule has 0 radical (unpaired) electrons. The topological polar surface area (TPSA) is 78.8 Å². The van der Waals surface area contributed by atoms with E-state index in [0.29, 0.717) is 0 Å². The van der Waals surface area contributed by atoms with E-state index in [4.69, 9.17) is 0 Å². The van der Waals surface area contributed by atoms with Crippen LogP contribution in [0.1, 0.15) is 11.1 Å². The Bertz CT molecular complexity index is 1870. The maximum atomic E-state index is 9.83. The third kappa shape index (κ3) is 7.43. The molecule has 6 rings (SSSR count). The minimum atomic E-state index is -0.0658. The van der Waals surface area contributed by atoms with Gasteiger partial charge >= 0.3 is 0 Å². The SMILES string of the molecule is N#C/C(N=Cc1ccc(N(c2ccccc2)c2ccccc2)cc1)=C(\C#N)N=Cc1ccc(N(c2ccccc2)c2ccccc2)cc1. The molecule has 0 bridgehead atoms. The average molecular weight is 619 g/mol. The van der Waals surface area contributed by atoms with Crippen LogP contribution < -0.4 is 9.80 Å². The van der Waals surface area contributed by atoms with Gasteiger partial charge in [-0.05, 0) is 83.9 Å². The van der Waals surface area contributed by atoms with Crippen molar-refractivity contribution in [1.82, 2.24) is 0 Å². The summed E-state index contributed by atoms with van der Waals surface area (Å²) in [6, 6.07) is 60.3. The smallest absolute Gasteiger partial charge is 0.176 e. The molecule has 0 aliphatic heterocycles. The molecule has 0 amide bonds. The van der Waals surface area contributed by atoms with E-state index in [0.717, 1.165) is 45.3 Å². The number of rotatable bonds is 10. The maximum Gasteiger partial charge on any atom is 0.176 e. The van der Waals surface area contributed by atoms with Gasteiger partial charge in [0.2, 0.25) is 0 Å². The lowest BCUT2D eigenvalue weighted by Gasteiger charge is -2.25. The Labute approximate surface area is 280 Å². The minimum absolute atomic E-state index is 0.0658. The molecule has 0 saturated carbocycles. The number of nitriles is 2. The van der Waals surface area contributed by atoms with Crippen molar-refractivity contribution in [2.45, 2.75) is 0 Å². The molecule has 0 fully saturated rings. The zero-order valence-corrected chi connectivity index (χ0v) is 26.0. The van der Waals surface area contributed by atoms with Gasteiger partial charge in [0.15, 0.2) is 11.4 Å². The van der Waals surface area contributed by atoms with Crippen molar-refractivity contribution in [3.63, 3.8) is 0 Å². The van der Waals surface area contributed by atoms with Gasteiger partial charge in [0.25, 0.3) is 0 Å². The first-order valence-electron chi connectivity index (χ1n) is 15.4. The quantitative estimate of drug-likeness (QED) is 0.113. The molecule has 48 heavy (non-hydrogen) atoms. The van der Waals surface area contributed by atoms with Crippen LogP contribution >= 0.6 is 0 Å². The summed E-state index contributed by atoms with van der Waals surface area (Å²) in [7, 11) is 0. The zero-order chi connectivity index (χ0) is 33.0. The van der Waals surface area contributed by atoms with Crippen LogP contribution in [0.5, 0.6) is 0 Å². The van der Waals surface area contributed by atoms with Crippen molar-refractivity contribution in [1.29, 1.82) is 10.5 Å². The Hall–Kier alpha value is -7.02. The largest absolute Gasteiger partial charge is 0.311 e. The first kappa shape index (κ1) is 31.0. The summed E-state index contributed by atoms with van der Waals surface area (Å²) < 4.78 is 0. The Morgan fingerprint density at radius 1 is 0.375 bits per heavy atom. The molecule has 0 heterocycles. The fourth-order valence-corrected chi connectivity index (χ4v) is 5.19. The number of aliphatic imine (C=N–C) groups is 2. The molecule has 0 aromatic heterocycles. The molecule has 0 saturated heterocycles. The van der Waals surface area contributed by atoms with E-state index in [9.17, 15) is 10.5 Å². The van der Waals surface area contributed by atoms with E-state index in [1.807, 2.05) is 133 Å². The van der Waals surface area contributed by atoms with Crippen LogP contribution in [0.15, 0.2) is 191 Å². The van der Waals surface area contributed by atoms with Crippen LogP contribution in [0.2, 0.25) is 0 Å². The van der Waals surface area contributed by atoms with Crippen molar-refractivity contribution in [2.75, 3.05) is 9.80 Å². The van der Waals surface area contributed by atoms with E-state index in [2.05, 4.69) is 68.3 Å². The van der Waals surface area contributed by atoms with Gasteiger partial charge in [-0.15, -0.1) is 0 Å². The van der Waals surface area contributed by atoms with E-state index in [-0.39, 0.29) is 11.4 Å². The summed E-state index contributed by atoms with van der Waals surface area (Å²) in [5.74, 6) is 0. The summed E-state index contributed by atoms with van der Waals surface area (Å²) in [5.41, 5.74) is 7.54. The molecule has 6 nitrogen and oxygen atoms in total. The molecule has 6 heteroatoms. The standard InChI is InChI=1S/C42H30N6/c43-29-41(45-31-33-21-25-39(26-22-33)47(35-13-5-1-6-14-35)36-15-7-2-8-16-36)42(30-44)46-32-34-23-27-40(28-24-34)48(37-17-9-3-10-18-37)38-19-11-4-12-20-38/h1-28,31-32H/b42-41-,45-31?,46-32?. The fourth-order valence-electron chi connectivity index (χ4n) is 5.19. The second-order valence-electron chi connectivity index (χ2n) is 10.6. The molecule has 0 aliphatic rings. The van der Waals surface area contributed by atoms with Crippen LogP contribution in [0.4, 0.5) is 34.1 Å². The molecule has 0 unspecified atom stereocenters. The second kappa shape index (κ2) is 15.3. The number of anilines is 6. The lowest BCUT2D eigenvalue weighted by Crippen LogP contribution is -2.09. The third-order valence-electron chi connectivity index (χ3n) is 7.48. The number of para-hydroxylation sites is 4. The number of benzene rings is 6. The van der Waals surface area contributed by atoms with E-state index >= 15 is 0 Å². The summed E-state index contributed by atoms with van der Waals surface area (Å²) in [4.78, 5) is 13.0. The Balaban J connectivity index is 1.20. The van der Waals surface area contributed by atoms with Crippen molar-refractivity contribution in [3.05, 3.63) is 192 Å². The van der Waals surface area contributed by atoms with E-state index in [1.54, 1.807) is 12.4 Å². The molecule has 6 aromatic carbocycles. The first-order valence-corrected chi connectivity index (χ1v) is 15.4. The fraction of sp³-hybridized carbons (Fsp3) is 0. The highest BCUT2D eigenvalue weighted by Gasteiger charge is 2.13. The van der Waals surface area contributed by atoms with Crippen LogP contribution in [-0.2, 0) is 0 Å². The molecule has 6 aromatic rings. The molecule has 0 spiro atoms. The van der Waals surface area contributed by atoms with E-state index in [1.165, 1.54) is 0 Å². The number of nitrogens with zero attached hydrogens (tertiary/aromatic N) is 6. The lowest BCUT2D eigenvalue weighted by atomic mass is 10.1. The summed E-state index contributed by atoms with van der Waals surface area (Å²) in [6.07, 6.45) is 3.14. The molecular weight excluding hydrogens is 589 g/mol. The number of hydrogen-bond acceptors (Lipinski definition) is 6. The maximum absolute atomic E-state index is 9.83. The van der Waals surface area contributed by atoms with Crippen molar-refractivity contribution >= 4 is 46.6 Å². The third-order valence-corrected chi connectivity index (χ3v) is 7.48. The van der Waals surface area contributed by atoms with Gasteiger partial charge in [0.1, 0.15) is 12.1 Å². The summed E-state index contributed by atoms with van der Waals surface area (Å²) in [5, 5.41) is 19.7. The minimum Gasteiger partial charge on any atom is -0.311 e. The lowest BCUT2D eigenvalue weighted by molar-refractivity contribution is 1.27. The van der Waals surface area contributed by atoms with Crippen molar-refractivity contribution in [2.24, 2.45) is 9.98 Å². The number of hydrogen-bond donors (Lipinski definition) is 0. The van der Waals surface area contributed by atoms with E-state index < -0.39 is 0 Å². The zero-order valence-electron chi connectivity index (χ0n) is 26.0. The highest BCUT2D eigenvalue weighted by atomic mass is 15.1. The predicted octanol–water partition coefficient (Wildman–Crippen LogP) is 10.4. The van der Waals surface area contributed by atoms with Gasteiger partial charge in [-0.1, -0.05) is 97.1 Å². The molecule has 0 N–H and O–H groups in total. The molecular formula is C42H30N6. The van der Waals surface area contributed by atoms with Gasteiger partial charge in [0.05, 0.1) is 0 Å². The molecule has 228 valence electrons. The number of allylic oxidation sites excluding steroid dienone is 2. The van der Waals surface area contributed by atoms with Gasteiger partial charge in [-0.2, -0.15) is 10.5 Å². The Kier molecular flexibility index (Phi) is 9.89. The van der Waals surface area contributed by atoms with Crippen LogP contribution in [0, 0.1) is 22.7 Å². The van der Waals surface area contributed by atoms with Gasteiger partial charge in [-0.3, -0.25) is 0 Å². The van der Waals surface area contributed by atoms with Crippen LogP contribution in [0.25, 0.3) is 0 Å². The van der Waals surface area contributed by atoms with Gasteiger partial charge < -0.3 is 9.80 Å². The monoisotopic (exact) mass is 618 g/mol. The highest BCUT2D eigenvalue weighted by molar-refractivity contribution is 5.85. The first-order chi connectivity index (χ1) is 23.7. The van der Waals surface area contributed by atoms with Crippen LogP contribution in [0.3, 0.4) is 0 Å². The van der Waals surface area contributed by atoms with Crippen molar-refractivity contribution in [3.8, 4) is 12.1 Å². The van der Waals surface area contributed by atoms with Crippen LogP contribution in [-0.4, -0.2) is 12.4 Å². The van der Waals surface area contributed by atoms with Crippen molar-refractivity contribution < 1.29 is 0 Å². The Morgan fingerprint density at radius 3 is 0.875 bits per heavy atom. The molecule has 0 atom stereocenters. The summed E-state index contributed by atoms with van der Waals surface area (Å²) in [6.45, 7) is 0. The normalized spacial score (nSPS) is 11.5. The highest BCUT2D eigenvalue weighted by Crippen LogP contribution is 2.35. The van der Waals surface area contributed by atoms with Gasteiger partial charge in [0, 0.05) is 46.6 Å². The average Bonchev–Trinajstić information content (AvgIpc) is 3.16.